The fourth-order valence-corrected chi connectivity index (χ4v) is 2.19. The fourth-order valence-electron chi connectivity index (χ4n) is 2.08. The van der Waals surface area contributed by atoms with Crippen LogP contribution in [0.25, 0.3) is 11.0 Å². The molecule has 2 amide bonds. The molecule has 22 heavy (non-hydrogen) atoms. The lowest BCUT2D eigenvalue weighted by Crippen LogP contribution is -2.25. The molecule has 1 aromatic heterocycles. The molecule has 0 fully saturated rings. The zero-order valence-electron chi connectivity index (χ0n) is 12.3. The molecule has 6 nitrogen and oxygen atoms in total. The second-order valence-corrected chi connectivity index (χ2v) is 5.29. The molecular weight excluding hydrogens is 300 g/mol. The molecule has 0 spiro atoms. The van der Waals surface area contributed by atoms with Crippen molar-refractivity contribution in [2.45, 2.75) is 25.7 Å². The third kappa shape index (κ3) is 5.07. The number of thiol groups is 1. The number of imidazole rings is 1. The summed E-state index contributed by atoms with van der Waals surface area (Å²) in [7, 11) is 0. The van der Waals surface area contributed by atoms with Gasteiger partial charge in [-0.15, -0.1) is 0 Å². The van der Waals surface area contributed by atoms with Gasteiger partial charge < -0.3 is 10.3 Å². The van der Waals surface area contributed by atoms with Crippen molar-refractivity contribution in [3.63, 3.8) is 0 Å². The molecule has 2 rings (SSSR count). The number of aromatic amines is 1. The van der Waals surface area contributed by atoms with Gasteiger partial charge >= 0.3 is 0 Å². The normalized spacial score (nSPS) is 10.6. The summed E-state index contributed by atoms with van der Waals surface area (Å²) in [5, 5.41) is 5.51. The quantitative estimate of drug-likeness (QED) is 0.444. The van der Waals surface area contributed by atoms with Crippen LogP contribution in [0.4, 0.5) is 5.95 Å². The van der Waals surface area contributed by atoms with E-state index in [-0.39, 0.29) is 17.6 Å². The lowest BCUT2D eigenvalue weighted by atomic mass is 10.2. The van der Waals surface area contributed by atoms with E-state index in [9.17, 15) is 9.59 Å². The molecule has 0 aliphatic heterocycles. The van der Waals surface area contributed by atoms with Gasteiger partial charge in [0, 0.05) is 13.0 Å². The number of para-hydroxylation sites is 2. The molecule has 1 aromatic carbocycles. The number of aromatic nitrogens is 2. The van der Waals surface area contributed by atoms with Crippen molar-refractivity contribution in [1.82, 2.24) is 15.3 Å². The molecule has 3 N–H and O–H groups in total. The number of unbranched alkanes of at least 4 members (excludes halogenated alkanes) is 2. The Morgan fingerprint density at radius 3 is 2.73 bits per heavy atom. The van der Waals surface area contributed by atoms with E-state index in [1.807, 2.05) is 24.3 Å². The van der Waals surface area contributed by atoms with Gasteiger partial charge in [-0.05, 0) is 25.0 Å². The minimum atomic E-state index is -0.0639. The zero-order chi connectivity index (χ0) is 15.8. The van der Waals surface area contributed by atoms with Crippen LogP contribution in [0.15, 0.2) is 24.3 Å². The van der Waals surface area contributed by atoms with Gasteiger partial charge in [0.15, 0.2) is 0 Å². The highest BCUT2D eigenvalue weighted by Gasteiger charge is 2.06. The number of carbonyl (C=O) groups is 2. The lowest BCUT2D eigenvalue weighted by Gasteiger charge is -2.03. The minimum Gasteiger partial charge on any atom is -0.355 e. The Kier molecular flexibility index (Phi) is 6.27. The molecule has 0 saturated heterocycles. The topological polar surface area (TPSA) is 86.9 Å². The highest BCUT2D eigenvalue weighted by atomic mass is 32.1. The summed E-state index contributed by atoms with van der Waals surface area (Å²) in [6, 6.07) is 7.62. The van der Waals surface area contributed by atoms with Crippen LogP contribution in [-0.2, 0) is 9.59 Å². The van der Waals surface area contributed by atoms with Crippen molar-refractivity contribution in [3.05, 3.63) is 24.3 Å². The number of nitrogens with zero attached hydrogens (tertiary/aromatic N) is 1. The number of hydrogen-bond acceptors (Lipinski definition) is 4. The molecular formula is C15H20N4O2S. The predicted molar refractivity (Wildman–Crippen MR) is 90.1 cm³/mol. The molecule has 0 aliphatic rings. The van der Waals surface area contributed by atoms with Crippen molar-refractivity contribution in [2.75, 3.05) is 17.6 Å². The SMILES string of the molecule is O=C(CS)NCCCCCC(=O)Nc1nc2ccccc2[nH]1. The molecule has 0 bridgehead atoms. The first-order chi connectivity index (χ1) is 10.7. The van der Waals surface area contributed by atoms with Crippen molar-refractivity contribution in [2.24, 2.45) is 0 Å². The van der Waals surface area contributed by atoms with Crippen molar-refractivity contribution >= 4 is 41.4 Å². The van der Waals surface area contributed by atoms with Gasteiger partial charge in [-0.25, -0.2) is 4.98 Å². The second kappa shape index (κ2) is 8.43. The van der Waals surface area contributed by atoms with Gasteiger partial charge in [-0.1, -0.05) is 18.6 Å². The largest absolute Gasteiger partial charge is 0.355 e. The second-order valence-electron chi connectivity index (χ2n) is 4.97. The molecule has 0 unspecified atom stereocenters. The number of rotatable bonds is 8. The molecule has 2 aromatic rings. The molecule has 0 atom stereocenters. The fraction of sp³-hybridized carbons (Fsp3) is 0.400. The van der Waals surface area contributed by atoms with Crippen LogP contribution in [0.2, 0.25) is 0 Å². The van der Waals surface area contributed by atoms with Crippen LogP contribution in [0.3, 0.4) is 0 Å². The number of hydrogen-bond donors (Lipinski definition) is 4. The average molecular weight is 320 g/mol. The summed E-state index contributed by atoms with van der Waals surface area (Å²) in [6.07, 6.45) is 2.97. The maximum Gasteiger partial charge on any atom is 0.229 e. The first-order valence-corrected chi connectivity index (χ1v) is 7.94. The van der Waals surface area contributed by atoms with Gasteiger partial charge in [0.2, 0.25) is 17.8 Å². The first kappa shape index (κ1) is 16.4. The van der Waals surface area contributed by atoms with Crippen LogP contribution < -0.4 is 10.6 Å². The Morgan fingerprint density at radius 1 is 1.14 bits per heavy atom. The number of nitrogens with one attached hydrogen (secondary N) is 3. The molecule has 0 aliphatic carbocycles. The monoisotopic (exact) mass is 320 g/mol. The van der Waals surface area contributed by atoms with Crippen LogP contribution in [0, 0.1) is 0 Å². The third-order valence-electron chi connectivity index (χ3n) is 3.19. The van der Waals surface area contributed by atoms with E-state index in [4.69, 9.17) is 0 Å². The number of benzene rings is 1. The average Bonchev–Trinajstić information content (AvgIpc) is 2.92. The number of H-pyrrole nitrogens is 1. The van der Waals surface area contributed by atoms with E-state index in [2.05, 4.69) is 33.2 Å². The van der Waals surface area contributed by atoms with Gasteiger partial charge in [0.25, 0.3) is 0 Å². The highest BCUT2D eigenvalue weighted by molar-refractivity contribution is 7.81. The molecule has 0 saturated carbocycles. The number of anilines is 1. The predicted octanol–water partition coefficient (Wildman–Crippen LogP) is 2.11. The standard InChI is InChI=1S/C15H20N4O2S/c20-13(8-2-1-5-9-16-14(21)10-22)19-15-17-11-6-3-4-7-12(11)18-15/h3-4,6-7,22H,1-2,5,8-10H2,(H,16,21)(H2,17,18,19,20). The molecule has 0 radical (unpaired) electrons. The Labute approximate surface area is 134 Å². The Hall–Kier alpha value is -2.02. The van der Waals surface area contributed by atoms with E-state index >= 15 is 0 Å². The molecule has 7 heteroatoms. The smallest absolute Gasteiger partial charge is 0.229 e. The summed E-state index contributed by atoms with van der Waals surface area (Å²) in [6.45, 7) is 0.630. The van der Waals surface area contributed by atoms with Crippen molar-refractivity contribution in [1.29, 1.82) is 0 Å². The van der Waals surface area contributed by atoms with Crippen LogP contribution in [0.5, 0.6) is 0 Å². The lowest BCUT2D eigenvalue weighted by molar-refractivity contribution is -0.118. The zero-order valence-corrected chi connectivity index (χ0v) is 13.2. The summed E-state index contributed by atoms with van der Waals surface area (Å²) in [4.78, 5) is 30.1. The van der Waals surface area contributed by atoms with Crippen molar-refractivity contribution in [3.8, 4) is 0 Å². The Balaban J connectivity index is 1.64. The Morgan fingerprint density at radius 2 is 1.95 bits per heavy atom. The van der Waals surface area contributed by atoms with Gasteiger partial charge in [-0.3, -0.25) is 14.9 Å². The molecule has 118 valence electrons. The van der Waals surface area contributed by atoms with Gasteiger partial charge in [0.05, 0.1) is 16.8 Å². The van der Waals surface area contributed by atoms with E-state index in [0.717, 1.165) is 30.3 Å². The van der Waals surface area contributed by atoms with E-state index < -0.39 is 0 Å². The number of amides is 2. The molecule has 1 heterocycles. The first-order valence-electron chi connectivity index (χ1n) is 7.31. The summed E-state index contributed by atoms with van der Waals surface area (Å²) >= 11 is 3.88. The van der Waals surface area contributed by atoms with E-state index in [1.165, 1.54) is 0 Å². The van der Waals surface area contributed by atoms with Gasteiger partial charge in [0.1, 0.15) is 0 Å². The maximum atomic E-state index is 11.8. The van der Waals surface area contributed by atoms with E-state index in [1.54, 1.807) is 0 Å². The van der Waals surface area contributed by atoms with E-state index in [0.29, 0.717) is 18.9 Å². The maximum absolute atomic E-state index is 11.8. The summed E-state index contributed by atoms with van der Waals surface area (Å²) in [5.74, 6) is 0.566. The van der Waals surface area contributed by atoms with Crippen molar-refractivity contribution < 1.29 is 9.59 Å². The van der Waals surface area contributed by atoms with Crippen LogP contribution >= 0.6 is 12.6 Å². The minimum absolute atomic E-state index is 0.0570. The summed E-state index contributed by atoms with van der Waals surface area (Å²) < 4.78 is 0. The third-order valence-corrected chi connectivity index (χ3v) is 3.48. The van der Waals surface area contributed by atoms with Crippen LogP contribution in [0.1, 0.15) is 25.7 Å². The summed E-state index contributed by atoms with van der Waals surface area (Å²) in [5.41, 5.74) is 1.73. The van der Waals surface area contributed by atoms with Gasteiger partial charge in [-0.2, -0.15) is 12.6 Å². The number of carbonyl (C=O) groups excluding carboxylic acids is 2. The van der Waals surface area contributed by atoms with Crippen LogP contribution in [-0.4, -0.2) is 34.1 Å². The Bertz CT molecular complexity index is 608. The number of fused-ring (bicyclic) bond motifs is 1. The highest BCUT2D eigenvalue weighted by Crippen LogP contribution is 2.13.